The van der Waals surface area contributed by atoms with E-state index in [0.29, 0.717) is 13.1 Å². The summed E-state index contributed by atoms with van der Waals surface area (Å²) in [6.07, 6.45) is 2.99. The molecule has 2 rings (SSSR count). The number of nitrogens with zero attached hydrogens (tertiary/aromatic N) is 3. The maximum atomic E-state index is 12.1. The highest BCUT2D eigenvalue weighted by molar-refractivity contribution is 5.93. The summed E-state index contributed by atoms with van der Waals surface area (Å²) in [7, 11) is 0. The molecule has 2 N–H and O–H groups in total. The van der Waals surface area contributed by atoms with Gasteiger partial charge in [0.05, 0.1) is 17.3 Å². The minimum atomic E-state index is -0.511. The first kappa shape index (κ1) is 13.8. The maximum Gasteiger partial charge on any atom is 0.287 e. The van der Waals surface area contributed by atoms with Gasteiger partial charge in [-0.1, -0.05) is 0 Å². The van der Waals surface area contributed by atoms with Gasteiger partial charge in [0.2, 0.25) is 0 Å². The van der Waals surface area contributed by atoms with E-state index in [1.54, 1.807) is 10.8 Å². The summed E-state index contributed by atoms with van der Waals surface area (Å²) in [5, 5.41) is 20.1. The molecule has 8 heteroatoms. The first-order chi connectivity index (χ1) is 9.52. The lowest BCUT2D eigenvalue weighted by Crippen LogP contribution is -2.25. The summed E-state index contributed by atoms with van der Waals surface area (Å²) in [4.78, 5) is 22.3. The van der Waals surface area contributed by atoms with E-state index in [1.807, 2.05) is 13.8 Å². The van der Waals surface area contributed by atoms with Crippen molar-refractivity contribution < 1.29 is 9.72 Å². The standard InChI is InChI=1S/C12H15N5O3/c1-3-16-7-10(17(19)20)4-11(16)12(18)13-5-9-6-14-15-8(9)2/h4,6-7H,3,5H2,1-2H3,(H,13,18)(H,14,15). The number of H-pyrrole nitrogens is 1. The predicted octanol–water partition coefficient (Wildman–Crippen LogP) is 1.38. The molecule has 8 nitrogen and oxygen atoms in total. The van der Waals surface area contributed by atoms with Crippen LogP contribution in [0, 0.1) is 17.0 Å². The van der Waals surface area contributed by atoms with Crippen molar-refractivity contribution >= 4 is 11.6 Å². The number of nitrogens with one attached hydrogen (secondary N) is 2. The van der Waals surface area contributed by atoms with Gasteiger partial charge in [-0.05, 0) is 13.8 Å². The highest BCUT2D eigenvalue weighted by Crippen LogP contribution is 2.16. The van der Waals surface area contributed by atoms with E-state index in [-0.39, 0.29) is 17.3 Å². The summed E-state index contributed by atoms with van der Waals surface area (Å²) >= 11 is 0. The number of carbonyl (C=O) groups excluding carboxylic acids is 1. The molecule has 0 radical (unpaired) electrons. The number of aromatic amines is 1. The number of nitro groups is 1. The summed E-state index contributed by atoms with van der Waals surface area (Å²) < 4.78 is 1.55. The molecule has 0 aromatic carbocycles. The topological polar surface area (TPSA) is 106 Å². The number of aromatic nitrogens is 3. The molecule has 1 amide bonds. The van der Waals surface area contributed by atoms with Crippen molar-refractivity contribution in [3.05, 3.63) is 45.5 Å². The molecular weight excluding hydrogens is 262 g/mol. The first-order valence-corrected chi connectivity index (χ1v) is 6.14. The molecule has 0 saturated heterocycles. The van der Waals surface area contributed by atoms with E-state index in [9.17, 15) is 14.9 Å². The Balaban J connectivity index is 2.12. The molecule has 2 aromatic heterocycles. The summed E-state index contributed by atoms with van der Waals surface area (Å²) in [6.45, 7) is 4.49. The molecule has 106 valence electrons. The van der Waals surface area contributed by atoms with Crippen LogP contribution in [0.5, 0.6) is 0 Å². The minimum Gasteiger partial charge on any atom is -0.347 e. The number of aryl methyl sites for hydroxylation is 2. The highest BCUT2D eigenvalue weighted by atomic mass is 16.6. The van der Waals surface area contributed by atoms with Gasteiger partial charge in [0.25, 0.3) is 11.6 Å². The molecule has 2 aromatic rings. The SMILES string of the molecule is CCn1cc([N+](=O)[O-])cc1C(=O)NCc1cn[nH]c1C. The molecule has 0 aliphatic carbocycles. The van der Waals surface area contributed by atoms with Crippen LogP contribution in [0.1, 0.15) is 28.7 Å². The van der Waals surface area contributed by atoms with E-state index in [0.717, 1.165) is 11.3 Å². The van der Waals surface area contributed by atoms with Gasteiger partial charge in [-0.15, -0.1) is 0 Å². The van der Waals surface area contributed by atoms with Gasteiger partial charge >= 0.3 is 0 Å². The second-order valence-corrected chi connectivity index (χ2v) is 4.33. The lowest BCUT2D eigenvalue weighted by atomic mass is 10.2. The number of hydrogen-bond acceptors (Lipinski definition) is 4. The van der Waals surface area contributed by atoms with Crippen LogP contribution in [0.2, 0.25) is 0 Å². The van der Waals surface area contributed by atoms with Crippen molar-refractivity contribution in [3.63, 3.8) is 0 Å². The van der Waals surface area contributed by atoms with Crippen molar-refractivity contribution in [2.75, 3.05) is 0 Å². The van der Waals surface area contributed by atoms with Gasteiger partial charge in [0.15, 0.2) is 0 Å². The molecule has 0 spiro atoms. The van der Waals surface area contributed by atoms with Gasteiger partial charge in [-0.3, -0.25) is 20.0 Å². The van der Waals surface area contributed by atoms with E-state index in [4.69, 9.17) is 0 Å². The lowest BCUT2D eigenvalue weighted by molar-refractivity contribution is -0.384. The Kier molecular flexibility index (Phi) is 3.83. The molecule has 0 saturated carbocycles. The zero-order chi connectivity index (χ0) is 14.7. The summed E-state index contributed by atoms with van der Waals surface area (Å²) in [5.41, 5.74) is 1.95. The fraction of sp³-hybridized carbons (Fsp3) is 0.333. The summed E-state index contributed by atoms with van der Waals surface area (Å²) in [6, 6.07) is 1.28. The Hall–Kier alpha value is -2.64. The number of carbonyl (C=O) groups is 1. The molecule has 0 aliphatic rings. The smallest absolute Gasteiger partial charge is 0.287 e. The average molecular weight is 277 g/mol. The molecule has 0 unspecified atom stereocenters. The molecule has 20 heavy (non-hydrogen) atoms. The fourth-order valence-corrected chi connectivity index (χ4v) is 1.87. The van der Waals surface area contributed by atoms with Gasteiger partial charge in [0, 0.05) is 30.4 Å². The van der Waals surface area contributed by atoms with Crippen LogP contribution in [0.25, 0.3) is 0 Å². The predicted molar refractivity (Wildman–Crippen MR) is 71.3 cm³/mol. The molecule has 0 aliphatic heterocycles. The Morgan fingerprint density at radius 3 is 2.90 bits per heavy atom. The minimum absolute atomic E-state index is 0.0866. The van der Waals surface area contributed by atoms with Crippen LogP contribution in [0.4, 0.5) is 5.69 Å². The van der Waals surface area contributed by atoms with Gasteiger partial charge < -0.3 is 9.88 Å². The zero-order valence-corrected chi connectivity index (χ0v) is 11.2. The molecule has 0 bridgehead atoms. The van der Waals surface area contributed by atoms with Crippen molar-refractivity contribution in [1.82, 2.24) is 20.1 Å². The quantitative estimate of drug-likeness (QED) is 0.636. The van der Waals surface area contributed by atoms with Crippen molar-refractivity contribution in [3.8, 4) is 0 Å². The van der Waals surface area contributed by atoms with E-state index < -0.39 is 4.92 Å². The number of rotatable bonds is 5. The second kappa shape index (κ2) is 5.55. The molecule has 0 fully saturated rings. The van der Waals surface area contributed by atoms with Crippen LogP contribution >= 0.6 is 0 Å². The highest BCUT2D eigenvalue weighted by Gasteiger charge is 2.18. The van der Waals surface area contributed by atoms with Crippen LogP contribution in [-0.4, -0.2) is 25.6 Å². The Morgan fingerprint density at radius 1 is 1.60 bits per heavy atom. The maximum absolute atomic E-state index is 12.1. The zero-order valence-electron chi connectivity index (χ0n) is 11.2. The van der Waals surface area contributed by atoms with Crippen molar-refractivity contribution in [2.45, 2.75) is 26.9 Å². The van der Waals surface area contributed by atoms with E-state index in [2.05, 4.69) is 15.5 Å². The molecule has 2 heterocycles. The lowest BCUT2D eigenvalue weighted by Gasteiger charge is -2.06. The number of amides is 1. The third-order valence-electron chi connectivity index (χ3n) is 3.04. The normalized spacial score (nSPS) is 10.5. The van der Waals surface area contributed by atoms with E-state index in [1.165, 1.54) is 12.3 Å². The Labute approximate surface area is 114 Å². The first-order valence-electron chi connectivity index (χ1n) is 6.14. The van der Waals surface area contributed by atoms with Crippen LogP contribution in [0.3, 0.4) is 0 Å². The average Bonchev–Trinajstić information content (AvgIpc) is 3.02. The largest absolute Gasteiger partial charge is 0.347 e. The second-order valence-electron chi connectivity index (χ2n) is 4.33. The van der Waals surface area contributed by atoms with Gasteiger partial charge in [0.1, 0.15) is 5.69 Å². The van der Waals surface area contributed by atoms with Crippen molar-refractivity contribution in [2.24, 2.45) is 0 Å². The van der Waals surface area contributed by atoms with Gasteiger partial charge in [-0.25, -0.2) is 0 Å². The fourth-order valence-electron chi connectivity index (χ4n) is 1.87. The van der Waals surface area contributed by atoms with Crippen LogP contribution in [-0.2, 0) is 13.1 Å². The summed E-state index contributed by atoms with van der Waals surface area (Å²) in [5.74, 6) is -0.347. The third-order valence-corrected chi connectivity index (χ3v) is 3.04. The number of hydrogen-bond donors (Lipinski definition) is 2. The monoisotopic (exact) mass is 277 g/mol. The van der Waals surface area contributed by atoms with E-state index >= 15 is 0 Å². The van der Waals surface area contributed by atoms with Crippen LogP contribution in [0.15, 0.2) is 18.5 Å². The Bertz CT molecular complexity index is 643. The van der Waals surface area contributed by atoms with Crippen molar-refractivity contribution in [1.29, 1.82) is 0 Å². The Morgan fingerprint density at radius 2 is 2.35 bits per heavy atom. The van der Waals surface area contributed by atoms with Crippen LogP contribution < -0.4 is 5.32 Å². The van der Waals surface area contributed by atoms with Gasteiger partial charge in [-0.2, -0.15) is 5.10 Å². The molecule has 0 atom stereocenters. The third kappa shape index (κ3) is 2.68. The molecular formula is C12H15N5O3.